The molecule has 0 spiro atoms. The molecule has 0 aliphatic carbocycles. The molecule has 0 radical (unpaired) electrons. The molecule has 0 aromatic carbocycles. The molecule has 0 aromatic heterocycles. The van der Waals surface area contributed by atoms with Crippen LogP contribution in [0.5, 0.6) is 0 Å². The van der Waals surface area contributed by atoms with Gasteiger partial charge in [0.1, 0.15) is 5.76 Å². The Kier molecular flexibility index (Phi) is 4.10. The molecule has 8 heteroatoms. The molecule has 0 saturated heterocycles. The number of Topliss-reactive ketones (excluding diaryl/α,β-unsaturated/α-hetero) is 1. The molecule has 0 aromatic rings. The lowest BCUT2D eigenvalue weighted by Crippen LogP contribution is -2.23. The molecule has 1 aliphatic heterocycles. The highest BCUT2D eigenvalue weighted by atomic mass is 32.2. The number of carbonyl (C=O) groups is 2. The molecule has 0 unspecified atom stereocenters. The number of esters is 1. The standard InChI is InChI=1S/C10H9F3O4S/c1-4(14)7-5(2)17-9(18-7)6(8(15)16-3)10(11,12)13/h1-3H3/b9-6+. The third-order valence-electron chi connectivity index (χ3n) is 1.96. The second-order valence-electron chi connectivity index (χ2n) is 3.30. The summed E-state index contributed by atoms with van der Waals surface area (Å²) in [4.78, 5) is 22.3. The summed E-state index contributed by atoms with van der Waals surface area (Å²) in [5, 5.41) is -0.683. The molecule has 0 N–H and O–H groups in total. The molecular weight excluding hydrogens is 273 g/mol. The van der Waals surface area contributed by atoms with Crippen molar-refractivity contribution in [3.63, 3.8) is 0 Å². The van der Waals surface area contributed by atoms with E-state index in [0.717, 1.165) is 7.11 Å². The number of thioether (sulfide) groups is 1. The van der Waals surface area contributed by atoms with Crippen molar-refractivity contribution < 1.29 is 32.2 Å². The average Bonchev–Trinajstić information content (AvgIpc) is 2.57. The van der Waals surface area contributed by atoms with Crippen molar-refractivity contribution in [2.75, 3.05) is 7.11 Å². The number of ether oxygens (including phenoxy) is 2. The highest BCUT2D eigenvalue weighted by molar-refractivity contribution is 8.07. The lowest BCUT2D eigenvalue weighted by atomic mass is 10.3. The van der Waals surface area contributed by atoms with Gasteiger partial charge in [-0.2, -0.15) is 13.2 Å². The van der Waals surface area contributed by atoms with E-state index in [0.29, 0.717) is 11.8 Å². The van der Waals surface area contributed by atoms with Gasteiger partial charge in [-0.25, -0.2) is 4.79 Å². The Hall–Kier alpha value is -1.44. The number of halogens is 3. The number of methoxy groups -OCH3 is 1. The zero-order valence-corrected chi connectivity index (χ0v) is 10.5. The summed E-state index contributed by atoms with van der Waals surface area (Å²) in [6.45, 7) is 2.55. The van der Waals surface area contributed by atoms with Gasteiger partial charge >= 0.3 is 12.1 Å². The molecule has 0 fully saturated rings. The molecule has 0 amide bonds. The number of hydrogen-bond donors (Lipinski definition) is 0. The molecule has 4 nitrogen and oxygen atoms in total. The van der Waals surface area contributed by atoms with Gasteiger partial charge < -0.3 is 9.47 Å². The van der Waals surface area contributed by atoms with Crippen molar-refractivity contribution in [1.82, 2.24) is 0 Å². The SMILES string of the molecule is COC(=O)/C(=C1/OC(C)=C(C(C)=O)S1)C(F)(F)F. The van der Waals surface area contributed by atoms with Gasteiger partial charge in [-0.05, 0) is 25.6 Å². The topological polar surface area (TPSA) is 52.6 Å². The van der Waals surface area contributed by atoms with Crippen LogP contribution >= 0.6 is 11.8 Å². The Balaban J connectivity index is 3.21. The number of ketones is 1. The molecule has 18 heavy (non-hydrogen) atoms. The fourth-order valence-electron chi connectivity index (χ4n) is 1.21. The van der Waals surface area contributed by atoms with Gasteiger partial charge in [0.25, 0.3) is 0 Å². The lowest BCUT2D eigenvalue weighted by Gasteiger charge is -2.11. The third kappa shape index (κ3) is 2.87. The van der Waals surface area contributed by atoms with Crippen LogP contribution in [0.25, 0.3) is 0 Å². The van der Waals surface area contributed by atoms with E-state index in [2.05, 4.69) is 4.74 Å². The zero-order chi connectivity index (χ0) is 14.1. The summed E-state index contributed by atoms with van der Waals surface area (Å²) >= 11 is 0.472. The number of allylic oxidation sites excluding steroid dienone is 2. The van der Waals surface area contributed by atoms with Gasteiger partial charge in [-0.15, -0.1) is 0 Å². The Morgan fingerprint density at radius 1 is 1.33 bits per heavy atom. The number of carbonyl (C=O) groups excluding carboxylic acids is 2. The minimum atomic E-state index is -4.91. The quantitative estimate of drug-likeness (QED) is 0.575. The van der Waals surface area contributed by atoms with Crippen LogP contribution in [0.2, 0.25) is 0 Å². The monoisotopic (exact) mass is 282 g/mol. The zero-order valence-electron chi connectivity index (χ0n) is 9.68. The first-order chi connectivity index (χ1) is 8.18. The maximum atomic E-state index is 12.7. The lowest BCUT2D eigenvalue weighted by molar-refractivity contribution is -0.148. The Morgan fingerprint density at radius 3 is 2.22 bits per heavy atom. The van der Waals surface area contributed by atoms with Crippen LogP contribution in [0.3, 0.4) is 0 Å². The van der Waals surface area contributed by atoms with Gasteiger partial charge in [0.05, 0.1) is 12.0 Å². The molecule has 0 atom stereocenters. The minimum Gasteiger partial charge on any atom is -0.465 e. The van der Waals surface area contributed by atoms with E-state index < -0.39 is 28.6 Å². The van der Waals surface area contributed by atoms with Crippen molar-refractivity contribution in [1.29, 1.82) is 0 Å². The largest absolute Gasteiger partial charge is 0.465 e. The molecule has 1 aliphatic rings. The second kappa shape index (κ2) is 5.05. The summed E-state index contributed by atoms with van der Waals surface area (Å²) < 4.78 is 47.0. The second-order valence-corrected chi connectivity index (χ2v) is 4.28. The predicted molar refractivity (Wildman–Crippen MR) is 57.2 cm³/mol. The van der Waals surface area contributed by atoms with E-state index in [1.54, 1.807) is 0 Å². The van der Waals surface area contributed by atoms with Gasteiger partial charge in [0.15, 0.2) is 16.4 Å². The highest BCUT2D eigenvalue weighted by Crippen LogP contribution is 2.44. The molecule has 0 saturated carbocycles. The molecule has 1 heterocycles. The van der Waals surface area contributed by atoms with E-state index in [1.807, 2.05) is 0 Å². The van der Waals surface area contributed by atoms with Crippen molar-refractivity contribution in [2.45, 2.75) is 20.0 Å². The van der Waals surface area contributed by atoms with Crippen molar-refractivity contribution in [3.8, 4) is 0 Å². The summed E-state index contributed by atoms with van der Waals surface area (Å²) in [7, 11) is 0.834. The minimum absolute atomic E-state index is 0.0353. The fourth-order valence-corrected chi connectivity index (χ4v) is 2.19. The average molecular weight is 282 g/mol. The van der Waals surface area contributed by atoms with Gasteiger partial charge in [0, 0.05) is 0 Å². The Bertz CT molecular complexity index is 462. The summed E-state index contributed by atoms with van der Waals surface area (Å²) in [5.74, 6) is -1.95. The van der Waals surface area contributed by atoms with Crippen LogP contribution in [0, 0.1) is 0 Å². The van der Waals surface area contributed by atoms with Crippen LogP contribution in [0.15, 0.2) is 21.3 Å². The predicted octanol–water partition coefficient (Wildman–Crippen LogP) is 2.52. The van der Waals surface area contributed by atoms with Crippen molar-refractivity contribution in [3.05, 3.63) is 21.3 Å². The van der Waals surface area contributed by atoms with Crippen LogP contribution in [0.4, 0.5) is 13.2 Å². The summed E-state index contributed by atoms with van der Waals surface area (Å²) in [6.07, 6.45) is -4.91. The van der Waals surface area contributed by atoms with E-state index >= 15 is 0 Å². The van der Waals surface area contributed by atoms with Gasteiger partial charge in [-0.3, -0.25) is 4.79 Å². The third-order valence-corrected chi connectivity index (χ3v) is 3.21. The first-order valence-corrected chi connectivity index (χ1v) is 5.47. The molecule has 0 bridgehead atoms. The maximum Gasteiger partial charge on any atom is 0.427 e. The van der Waals surface area contributed by atoms with Crippen molar-refractivity contribution in [2.24, 2.45) is 0 Å². The normalized spacial score (nSPS) is 18.6. The molecule has 100 valence electrons. The smallest absolute Gasteiger partial charge is 0.427 e. The Morgan fingerprint density at radius 2 is 1.89 bits per heavy atom. The van der Waals surface area contributed by atoms with Crippen LogP contribution in [-0.4, -0.2) is 25.0 Å². The van der Waals surface area contributed by atoms with Gasteiger partial charge in [0.2, 0.25) is 0 Å². The Labute approximate surface area is 105 Å². The van der Waals surface area contributed by atoms with Crippen molar-refractivity contribution >= 4 is 23.5 Å². The van der Waals surface area contributed by atoms with E-state index in [-0.39, 0.29) is 10.7 Å². The van der Waals surface area contributed by atoms with Crippen LogP contribution < -0.4 is 0 Å². The van der Waals surface area contributed by atoms with E-state index in [4.69, 9.17) is 4.74 Å². The van der Waals surface area contributed by atoms with E-state index in [9.17, 15) is 22.8 Å². The number of hydrogen-bond acceptors (Lipinski definition) is 5. The fraction of sp³-hybridized carbons (Fsp3) is 0.400. The summed E-state index contributed by atoms with van der Waals surface area (Å²) in [6, 6.07) is 0. The highest BCUT2D eigenvalue weighted by Gasteiger charge is 2.45. The number of rotatable bonds is 2. The molecule has 1 rings (SSSR count). The van der Waals surface area contributed by atoms with E-state index in [1.165, 1.54) is 13.8 Å². The number of alkyl halides is 3. The first kappa shape index (κ1) is 14.6. The summed E-state index contributed by atoms with van der Waals surface area (Å²) in [5.41, 5.74) is -1.55. The van der Waals surface area contributed by atoms with Gasteiger partial charge in [-0.1, -0.05) is 0 Å². The maximum absolute atomic E-state index is 12.7. The first-order valence-electron chi connectivity index (χ1n) is 4.65. The molecular formula is C10H9F3O4S. The van der Waals surface area contributed by atoms with Crippen LogP contribution in [-0.2, 0) is 19.1 Å². The van der Waals surface area contributed by atoms with Crippen LogP contribution in [0.1, 0.15) is 13.8 Å².